The molecule has 1 aromatic carbocycles. The fourth-order valence-corrected chi connectivity index (χ4v) is 5.54. The Morgan fingerprint density at radius 1 is 1.23 bits per heavy atom. The molecule has 6 atom stereocenters. The van der Waals surface area contributed by atoms with Crippen molar-refractivity contribution in [2.75, 3.05) is 14.1 Å². The number of benzene rings is 1. The molecule has 1 aromatic rings. The van der Waals surface area contributed by atoms with Gasteiger partial charge in [-0.25, -0.2) is 0 Å². The Labute approximate surface area is 172 Å². The van der Waals surface area contributed by atoms with Gasteiger partial charge in [0.25, 0.3) is 0 Å². The van der Waals surface area contributed by atoms with Crippen LogP contribution >= 0.6 is 0 Å². The second-order valence-electron chi connectivity index (χ2n) is 8.60. The highest BCUT2D eigenvalue weighted by Gasteiger charge is 2.67. The predicted octanol–water partition coefficient (Wildman–Crippen LogP) is -0.871. The normalized spacial score (nSPS) is 35.7. The van der Waals surface area contributed by atoms with Crippen LogP contribution in [0, 0.1) is 17.8 Å². The van der Waals surface area contributed by atoms with Gasteiger partial charge in [0.05, 0.1) is 11.7 Å². The Hall–Kier alpha value is -2.75. The molecule has 0 saturated heterocycles. The van der Waals surface area contributed by atoms with E-state index < -0.39 is 58.7 Å². The lowest BCUT2D eigenvalue weighted by molar-refractivity contribution is -0.184. The number of aromatic hydroxyl groups is 1. The van der Waals surface area contributed by atoms with Crippen molar-refractivity contribution in [2.24, 2.45) is 23.5 Å². The van der Waals surface area contributed by atoms with E-state index >= 15 is 0 Å². The van der Waals surface area contributed by atoms with Crippen molar-refractivity contribution in [3.8, 4) is 5.75 Å². The standard InChI is InChI=1S/C21H24N2O7/c1-23(2)15-10-7-9-6-8-4-3-5-11(24)12(8)16(25)13(9)18(27)21(10,30)19(28)14(17(15)26)20(22)29/h3-5,9-10,14-15,17,24-26,30H,6-7H2,1-2H3,(H2,22,29)/t9-,10-,14?,15-,17?,21-/m0/s1. The first-order valence-corrected chi connectivity index (χ1v) is 9.71. The van der Waals surface area contributed by atoms with Gasteiger partial charge < -0.3 is 31.1 Å². The number of Topliss-reactive ketones (excluding diaryl/α,β-unsaturated/α-hetero) is 2. The Bertz CT molecular complexity index is 1000. The number of fused-ring (bicyclic) bond motifs is 3. The summed E-state index contributed by atoms with van der Waals surface area (Å²) in [5, 5.41) is 43.2. The van der Waals surface area contributed by atoms with Gasteiger partial charge in [0, 0.05) is 17.5 Å². The van der Waals surface area contributed by atoms with Crippen molar-refractivity contribution >= 4 is 23.2 Å². The Kier molecular flexibility index (Phi) is 4.53. The molecule has 0 aromatic heterocycles. The largest absolute Gasteiger partial charge is 0.507 e. The third kappa shape index (κ3) is 2.49. The zero-order valence-corrected chi connectivity index (χ0v) is 16.6. The highest BCUT2D eigenvalue weighted by molar-refractivity contribution is 6.24. The van der Waals surface area contributed by atoms with E-state index in [1.165, 1.54) is 6.07 Å². The lowest BCUT2D eigenvalue weighted by Gasteiger charge is -2.53. The van der Waals surface area contributed by atoms with Gasteiger partial charge >= 0.3 is 0 Å². The zero-order valence-electron chi connectivity index (χ0n) is 16.6. The molecule has 3 aliphatic rings. The Balaban J connectivity index is 1.92. The Morgan fingerprint density at radius 3 is 2.50 bits per heavy atom. The number of ketones is 2. The van der Waals surface area contributed by atoms with Crippen molar-refractivity contribution in [3.63, 3.8) is 0 Å². The number of hydrogen-bond donors (Lipinski definition) is 5. The molecule has 2 fully saturated rings. The second-order valence-corrected chi connectivity index (χ2v) is 8.60. The summed E-state index contributed by atoms with van der Waals surface area (Å²) in [6.07, 6.45) is -1.05. The monoisotopic (exact) mass is 416 g/mol. The number of amides is 1. The molecule has 9 heteroatoms. The number of phenolic OH excluding ortho intramolecular Hbond substituents is 1. The van der Waals surface area contributed by atoms with Crippen LogP contribution in [0.15, 0.2) is 23.8 Å². The van der Waals surface area contributed by atoms with Crippen LogP contribution in [0.2, 0.25) is 0 Å². The first-order chi connectivity index (χ1) is 14.0. The number of rotatable bonds is 2. The summed E-state index contributed by atoms with van der Waals surface area (Å²) in [5.74, 6) is -7.28. The number of nitrogens with zero attached hydrogens (tertiary/aromatic N) is 1. The molecule has 0 heterocycles. The third-order valence-corrected chi connectivity index (χ3v) is 6.83. The van der Waals surface area contributed by atoms with Crippen LogP contribution in [0.5, 0.6) is 5.75 Å². The van der Waals surface area contributed by atoms with E-state index in [1.807, 2.05) is 0 Å². The summed E-state index contributed by atoms with van der Waals surface area (Å²) in [7, 11) is 3.23. The van der Waals surface area contributed by atoms with E-state index in [9.17, 15) is 34.8 Å². The highest BCUT2D eigenvalue weighted by Crippen LogP contribution is 2.51. The van der Waals surface area contributed by atoms with Gasteiger partial charge in [-0.3, -0.25) is 14.4 Å². The van der Waals surface area contributed by atoms with E-state index in [-0.39, 0.29) is 23.3 Å². The van der Waals surface area contributed by atoms with Crippen LogP contribution in [0.3, 0.4) is 0 Å². The van der Waals surface area contributed by atoms with E-state index in [4.69, 9.17) is 5.73 Å². The van der Waals surface area contributed by atoms with Gasteiger partial charge in [-0.1, -0.05) is 12.1 Å². The molecule has 160 valence electrons. The molecule has 3 aliphatic carbocycles. The molecule has 2 saturated carbocycles. The van der Waals surface area contributed by atoms with E-state index in [1.54, 1.807) is 31.1 Å². The van der Waals surface area contributed by atoms with Crippen LogP contribution in [0.1, 0.15) is 17.5 Å². The number of carbonyl (C=O) groups excluding carboxylic acids is 3. The molecule has 1 amide bonds. The second kappa shape index (κ2) is 6.63. The van der Waals surface area contributed by atoms with Crippen LogP contribution in [-0.2, 0) is 20.8 Å². The predicted molar refractivity (Wildman–Crippen MR) is 104 cm³/mol. The molecule has 4 rings (SSSR count). The van der Waals surface area contributed by atoms with Crippen molar-refractivity contribution < 1.29 is 34.8 Å². The zero-order chi connectivity index (χ0) is 22.1. The fraction of sp³-hybridized carbons (Fsp3) is 0.476. The van der Waals surface area contributed by atoms with Gasteiger partial charge in [-0.15, -0.1) is 0 Å². The summed E-state index contributed by atoms with van der Waals surface area (Å²) in [6, 6.07) is 3.83. The first kappa shape index (κ1) is 20.5. The SMILES string of the molecule is CN(C)[C@@H]1C(O)C(C(N)=O)C(=O)[C@@]2(O)C(=O)C3=C(O)c4c(O)cccc4C[C@H]3C[C@@H]12. The fourth-order valence-electron chi connectivity index (χ4n) is 5.54. The number of aliphatic hydroxyl groups is 3. The number of primary amides is 1. The molecule has 9 nitrogen and oxygen atoms in total. The number of likely N-dealkylation sites (N-methyl/N-ethyl adjacent to an activating group) is 1. The summed E-state index contributed by atoms with van der Waals surface area (Å²) >= 11 is 0. The topological polar surface area (TPSA) is 161 Å². The summed E-state index contributed by atoms with van der Waals surface area (Å²) in [4.78, 5) is 40.1. The van der Waals surface area contributed by atoms with Crippen LogP contribution in [0.4, 0.5) is 0 Å². The summed E-state index contributed by atoms with van der Waals surface area (Å²) in [5.41, 5.74) is 3.30. The van der Waals surface area contributed by atoms with Crippen LogP contribution in [-0.4, -0.2) is 74.6 Å². The smallest absolute Gasteiger partial charge is 0.230 e. The van der Waals surface area contributed by atoms with E-state index in [0.717, 1.165) is 0 Å². The molecule has 6 N–H and O–H groups in total. The number of hydrogen-bond acceptors (Lipinski definition) is 8. The molecule has 0 bridgehead atoms. The highest BCUT2D eigenvalue weighted by atomic mass is 16.3. The van der Waals surface area contributed by atoms with Gasteiger partial charge in [-0.2, -0.15) is 0 Å². The van der Waals surface area contributed by atoms with Gasteiger partial charge in [-0.05, 0) is 44.5 Å². The molecule has 0 radical (unpaired) electrons. The molecule has 0 aliphatic heterocycles. The maximum atomic E-state index is 13.5. The lowest BCUT2D eigenvalue weighted by Crippen LogP contribution is -2.73. The third-order valence-electron chi connectivity index (χ3n) is 6.83. The quantitative estimate of drug-likeness (QED) is 0.389. The summed E-state index contributed by atoms with van der Waals surface area (Å²) in [6.45, 7) is 0. The maximum absolute atomic E-state index is 13.5. The van der Waals surface area contributed by atoms with Gasteiger partial charge in [0.2, 0.25) is 11.7 Å². The number of carbonyl (C=O) groups is 3. The lowest BCUT2D eigenvalue weighted by atomic mass is 9.54. The minimum atomic E-state index is -2.62. The Morgan fingerprint density at radius 2 is 1.90 bits per heavy atom. The maximum Gasteiger partial charge on any atom is 0.230 e. The average Bonchev–Trinajstić information content (AvgIpc) is 2.64. The molecular formula is C21H24N2O7. The number of nitrogens with two attached hydrogens (primary N) is 1. The van der Waals surface area contributed by atoms with E-state index in [2.05, 4.69) is 0 Å². The minimum absolute atomic E-state index is 0.0954. The molecular weight excluding hydrogens is 392 g/mol. The molecule has 30 heavy (non-hydrogen) atoms. The van der Waals surface area contributed by atoms with Crippen molar-refractivity contribution in [1.82, 2.24) is 4.90 Å². The molecule has 0 spiro atoms. The van der Waals surface area contributed by atoms with Crippen molar-refractivity contribution in [1.29, 1.82) is 0 Å². The van der Waals surface area contributed by atoms with Crippen LogP contribution < -0.4 is 5.73 Å². The van der Waals surface area contributed by atoms with E-state index in [0.29, 0.717) is 12.0 Å². The number of phenols is 1. The number of aliphatic hydroxyl groups excluding tert-OH is 2. The van der Waals surface area contributed by atoms with Gasteiger partial charge in [0.1, 0.15) is 17.4 Å². The minimum Gasteiger partial charge on any atom is -0.507 e. The first-order valence-electron chi connectivity index (χ1n) is 9.71. The van der Waals surface area contributed by atoms with Crippen LogP contribution in [0.25, 0.3) is 5.76 Å². The van der Waals surface area contributed by atoms with Gasteiger partial charge in [0.15, 0.2) is 11.4 Å². The van der Waals surface area contributed by atoms with Crippen molar-refractivity contribution in [2.45, 2.75) is 30.6 Å². The van der Waals surface area contributed by atoms with Crippen molar-refractivity contribution in [3.05, 3.63) is 34.9 Å². The summed E-state index contributed by atoms with van der Waals surface area (Å²) < 4.78 is 0. The molecule has 2 unspecified atom stereocenters. The average molecular weight is 416 g/mol.